The number of hydrogen-bond donors (Lipinski definition) is 1. The molecule has 1 nitrogen and oxygen atoms in total. The molecule has 2 heteroatoms. The molecule has 0 fully saturated rings. The molecule has 2 aliphatic rings. The minimum absolute atomic E-state index is 0.624. The standard InChI is InChI=1S/C12H26N.2C9H13.Ti/c1-2-3-4-5-6-7-8-9-10-11-12-13;2*1-6-5-7(2)9(4)8(6)3;/h13H,2-12H2,1H3;2*6H,1-4H3;/q-1;;;+1. The van der Waals surface area contributed by atoms with E-state index < -0.39 is 18.1 Å². The molecular formula is C30H52NTi. The van der Waals surface area contributed by atoms with Crippen molar-refractivity contribution in [2.75, 3.05) is 6.54 Å². The predicted molar refractivity (Wildman–Crippen MR) is 140 cm³/mol. The van der Waals surface area contributed by atoms with E-state index >= 15 is 0 Å². The molecule has 0 saturated heterocycles. The van der Waals surface area contributed by atoms with Gasteiger partial charge in [-0.2, -0.15) is 0 Å². The van der Waals surface area contributed by atoms with Crippen molar-refractivity contribution in [3.05, 3.63) is 41.2 Å². The van der Waals surface area contributed by atoms with Gasteiger partial charge in [-0.05, 0) is 0 Å². The van der Waals surface area contributed by atoms with Crippen molar-refractivity contribution in [2.45, 2.75) is 127 Å². The van der Waals surface area contributed by atoms with Crippen molar-refractivity contribution in [3.8, 4) is 0 Å². The number of unbranched alkanes of at least 4 members (excludes halogenated alkanes) is 9. The molecule has 0 aromatic carbocycles. The van der Waals surface area contributed by atoms with Crippen LogP contribution in [0.3, 0.4) is 0 Å². The van der Waals surface area contributed by atoms with Crippen molar-refractivity contribution < 1.29 is 18.1 Å². The quantitative estimate of drug-likeness (QED) is 0.195. The summed E-state index contributed by atoms with van der Waals surface area (Å²) in [4.78, 5) is 0. The molecule has 1 N–H and O–H groups in total. The Balaban J connectivity index is 1.95. The Morgan fingerprint density at radius 1 is 0.562 bits per heavy atom. The summed E-state index contributed by atoms with van der Waals surface area (Å²) in [5, 5.41) is 0. The molecule has 2 aliphatic carbocycles. The third-order valence-corrected chi connectivity index (χ3v) is 13.8. The Kier molecular flexibility index (Phi) is 11.8. The van der Waals surface area contributed by atoms with Crippen LogP contribution < -0.4 is 3.80 Å². The predicted octanol–water partition coefficient (Wildman–Crippen LogP) is 9.55. The summed E-state index contributed by atoms with van der Waals surface area (Å²) in [5.74, 6) is 1.25. The summed E-state index contributed by atoms with van der Waals surface area (Å²) in [6.07, 6.45) is 14.1. The van der Waals surface area contributed by atoms with E-state index in [2.05, 4.69) is 66.1 Å². The van der Waals surface area contributed by atoms with Gasteiger partial charge in [-0.1, -0.05) is 6.92 Å². The molecule has 0 radical (unpaired) electrons. The van der Waals surface area contributed by atoms with Crippen LogP contribution in [0.15, 0.2) is 41.2 Å². The second-order valence-electron chi connectivity index (χ2n) is 10.6. The van der Waals surface area contributed by atoms with E-state index in [9.17, 15) is 0 Å². The molecular weight excluding hydrogens is 422 g/mol. The normalized spacial score (nSPS) is 21.7. The van der Waals surface area contributed by atoms with Crippen LogP contribution in [-0.4, -0.2) is 6.54 Å². The van der Waals surface area contributed by atoms with Gasteiger partial charge < -0.3 is 0 Å². The Labute approximate surface area is 207 Å². The van der Waals surface area contributed by atoms with E-state index in [1.165, 1.54) is 70.8 Å². The van der Waals surface area contributed by atoms with Crippen molar-refractivity contribution >= 4 is 0 Å². The fourth-order valence-corrected chi connectivity index (χ4v) is 11.2. The van der Waals surface area contributed by atoms with Gasteiger partial charge in [0.25, 0.3) is 0 Å². The fourth-order valence-electron chi connectivity index (χ4n) is 5.70. The van der Waals surface area contributed by atoms with E-state index in [1.807, 2.05) is 0 Å². The van der Waals surface area contributed by atoms with Crippen LogP contribution in [0.25, 0.3) is 0 Å². The van der Waals surface area contributed by atoms with Gasteiger partial charge in [-0.3, -0.25) is 0 Å². The SMILES string of the molecule is CCCCCCCCCCCC[NH][Ti]([C]1=C(C)C(C)=C(C)C1C)[C]1=C(C)C(C)=C(C)C1C. The average molecular weight is 475 g/mol. The van der Waals surface area contributed by atoms with Crippen LogP contribution in [0.4, 0.5) is 0 Å². The molecule has 0 aromatic heterocycles. The molecule has 0 amide bonds. The Morgan fingerprint density at radius 3 is 1.28 bits per heavy atom. The third-order valence-electron chi connectivity index (χ3n) is 8.65. The molecule has 0 aromatic rings. The Morgan fingerprint density at radius 2 is 0.938 bits per heavy atom. The molecule has 2 rings (SSSR count). The Hall–Kier alpha value is -0.366. The first-order valence-electron chi connectivity index (χ1n) is 13.6. The van der Waals surface area contributed by atoms with E-state index in [0.29, 0.717) is 11.8 Å². The zero-order chi connectivity index (χ0) is 23.8. The van der Waals surface area contributed by atoms with Gasteiger partial charge in [0.1, 0.15) is 0 Å². The molecule has 181 valence electrons. The van der Waals surface area contributed by atoms with Crippen LogP contribution >= 0.6 is 0 Å². The second kappa shape index (κ2) is 13.5. The maximum absolute atomic E-state index is 4.23. The molecule has 32 heavy (non-hydrogen) atoms. The van der Waals surface area contributed by atoms with Gasteiger partial charge in [-0.15, -0.1) is 0 Å². The summed E-state index contributed by atoms with van der Waals surface area (Å²) in [5.41, 5.74) is 9.54. The van der Waals surface area contributed by atoms with Gasteiger partial charge in [0.15, 0.2) is 0 Å². The summed E-state index contributed by atoms with van der Waals surface area (Å²) in [7, 11) is 0. The average Bonchev–Trinajstić information content (AvgIpc) is 3.08. The summed E-state index contributed by atoms with van der Waals surface area (Å²) >= 11 is -1.73. The first-order chi connectivity index (χ1) is 15.2. The zero-order valence-electron chi connectivity index (χ0n) is 22.9. The molecule has 0 saturated carbocycles. The second-order valence-corrected chi connectivity index (χ2v) is 14.0. The number of nitrogens with one attached hydrogen (secondary N) is 1. The summed E-state index contributed by atoms with van der Waals surface area (Å²) < 4.78 is 7.83. The fraction of sp³-hybridized carbons (Fsp3) is 0.733. The number of hydrogen-bond acceptors (Lipinski definition) is 1. The van der Waals surface area contributed by atoms with E-state index in [0.717, 1.165) is 0 Å². The topological polar surface area (TPSA) is 12.0 Å². The monoisotopic (exact) mass is 474 g/mol. The van der Waals surface area contributed by atoms with Gasteiger partial charge in [0.05, 0.1) is 0 Å². The third kappa shape index (κ3) is 6.61. The van der Waals surface area contributed by atoms with Gasteiger partial charge >= 0.3 is 201 Å². The van der Waals surface area contributed by atoms with Gasteiger partial charge in [-0.25, -0.2) is 0 Å². The molecule has 0 aliphatic heterocycles. The van der Waals surface area contributed by atoms with E-state index in [-0.39, 0.29) is 0 Å². The Bertz CT molecular complexity index is 712. The molecule has 0 bridgehead atoms. The zero-order valence-corrected chi connectivity index (χ0v) is 24.5. The van der Waals surface area contributed by atoms with Crippen LogP contribution in [0.1, 0.15) is 127 Å². The van der Waals surface area contributed by atoms with Crippen molar-refractivity contribution in [1.82, 2.24) is 3.80 Å². The van der Waals surface area contributed by atoms with Crippen molar-refractivity contribution in [2.24, 2.45) is 11.8 Å². The molecule has 2 atom stereocenters. The van der Waals surface area contributed by atoms with Crippen molar-refractivity contribution in [1.29, 1.82) is 0 Å². The van der Waals surface area contributed by atoms with Gasteiger partial charge in [0, 0.05) is 0 Å². The van der Waals surface area contributed by atoms with Crippen LogP contribution in [0, 0.1) is 11.8 Å². The van der Waals surface area contributed by atoms with Gasteiger partial charge in [0.2, 0.25) is 0 Å². The van der Waals surface area contributed by atoms with E-state index in [4.69, 9.17) is 0 Å². The number of rotatable bonds is 14. The molecule has 2 unspecified atom stereocenters. The molecule has 0 heterocycles. The summed E-state index contributed by atoms with van der Waals surface area (Å²) in [6.45, 7) is 22.6. The van der Waals surface area contributed by atoms with Crippen LogP contribution in [0.2, 0.25) is 0 Å². The minimum atomic E-state index is -1.73. The van der Waals surface area contributed by atoms with E-state index in [1.54, 1.807) is 41.2 Å². The molecule has 0 spiro atoms. The maximum atomic E-state index is 4.23. The van der Waals surface area contributed by atoms with Crippen molar-refractivity contribution in [3.63, 3.8) is 0 Å². The first kappa shape index (κ1) is 27.9. The summed E-state index contributed by atoms with van der Waals surface area (Å²) in [6, 6.07) is 0. The van der Waals surface area contributed by atoms with Crippen LogP contribution in [0.5, 0.6) is 0 Å². The van der Waals surface area contributed by atoms with Crippen LogP contribution in [-0.2, 0) is 18.1 Å². The number of allylic oxidation sites excluding steroid dienone is 8. The first-order valence-corrected chi connectivity index (χ1v) is 16.0.